The summed E-state index contributed by atoms with van der Waals surface area (Å²) < 4.78 is 43.8. The van der Waals surface area contributed by atoms with E-state index < -0.39 is 17.7 Å². The van der Waals surface area contributed by atoms with Crippen molar-refractivity contribution in [2.45, 2.75) is 63.9 Å². The Morgan fingerprint density at radius 1 is 0.955 bits per heavy atom. The Morgan fingerprint density at radius 2 is 1.73 bits per heavy atom. The Morgan fingerprint density at radius 3 is 2.45 bits per heavy atom. The van der Waals surface area contributed by atoms with E-state index >= 15 is 0 Å². The van der Waals surface area contributed by atoms with Crippen molar-refractivity contribution in [2.24, 2.45) is 11.3 Å². The van der Waals surface area contributed by atoms with Gasteiger partial charge in [0.2, 0.25) is 0 Å². The van der Waals surface area contributed by atoms with Crippen molar-refractivity contribution in [2.75, 3.05) is 13.2 Å². The number of fused-ring (bicyclic) bond motifs is 2. The van der Waals surface area contributed by atoms with Crippen molar-refractivity contribution in [3.63, 3.8) is 0 Å². The summed E-state index contributed by atoms with van der Waals surface area (Å²) in [5.74, 6) is -0.397. The molecular weight excluding hydrogens is 560 g/mol. The Hall–Kier alpha value is -4.04. The Labute approximate surface area is 254 Å². The van der Waals surface area contributed by atoms with E-state index in [9.17, 15) is 13.6 Å². The number of carbonyl (C=O) groups is 1. The molecule has 2 saturated carbocycles. The molecule has 1 aliphatic heterocycles. The summed E-state index contributed by atoms with van der Waals surface area (Å²) in [6.45, 7) is 3.81. The second-order valence-electron chi connectivity index (χ2n) is 13.3. The fraction of sp³-hybridized carbons (Fsp3) is 0.389. The third kappa shape index (κ3) is 4.53. The molecule has 44 heavy (non-hydrogen) atoms. The van der Waals surface area contributed by atoms with E-state index in [-0.39, 0.29) is 12.5 Å². The van der Waals surface area contributed by atoms with Gasteiger partial charge in [0.15, 0.2) is 11.6 Å². The highest BCUT2D eigenvalue weighted by molar-refractivity contribution is 6.01. The van der Waals surface area contributed by atoms with Gasteiger partial charge in [-0.2, -0.15) is 9.78 Å². The summed E-state index contributed by atoms with van der Waals surface area (Å²) >= 11 is 0. The Balaban J connectivity index is 1.29. The predicted octanol–water partition coefficient (Wildman–Crippen LogP) is 8.63. The Kier molecular flexibility index (Phi) is 6.59. The fourth-order valence-electron chi connectivity index (χ4n) is 8.42. The largest absolute Gasteiger partial charge is 0.443 e. The topological polar surface area (TPSA) is 58.3 Å². The van der Waals surface area contributed by atoms with Crippen molar-refractivity contribution >= 4 is 27.9 Å². The lowest BCUT2D eigenvalue weighted by atomic mass is 9.47. The van der Waals surface area contributed by atoms with Crippen LogP contribution >= 0.6 is 0 Å². The molecule has 3 aromatic carbocycles. The average molecular weight is 596 g/mol. The smallest absolute Gasteiger partial charge is 0.435 e. The first-order chi connectivity index (χ1) is 21.4. The molecule has 3 aliphatic rings. The Bertz CT molecular complexity index is 1880. The molecule has 0 N–H and O–H groups in total. The van der Waals surface area contributed by atoms with Gasteiger partial charge in [0.1, 0.15) is 6.61 Å². The lowest BCUT2D eigenvalue weighted by molar-refractivity contribution is -0.0342. The zero-order valence-corrected chi connectivity index (χ0v) is 24.8. The van der Waals surface area contributed by atoms with Crippen LogP contribution in [0.4, 0.5) is 13.6 Å². The number of carbonyl (C=O) groups excluding carboxylic acids is 1. The molecule has 0 atom stereocenters. The monoisotopic (exact) mass is 595 g/mol. The zero-order chi connectivity index (χ0) is 30.0. The first-order valence-electron chi connectivity index (χ1n) is 15.7. The number of hydrogen-bond donors (Lipinski definition) is 0. The maximum atomic E-state index is 14.7. The molecule has 0 bridgehead atoms. The van der Waals surface area contributed by atoms with Crippen LogP contribution in [0.1, 0.15) is 74.1 Å². The van der Waals surface area contributed by atoms with Gasteiger partial charge in [-0.15, -0.1) is 0 Å². The second-order valence-corrected chi connectivity index (χ2v) is 13.3. The zero-order valence-electron chi connectivity index (χ0n) is 24.8. The minimum absolute atomic E-state index is 0.150. The number of halogens is 2. The van der Waals surface area contributed by atoms with Crippen LogP contribution in [0, 0.1) is 23.0 Å². The number of benzene rings is 3. The quantitative estimate of drug-likeness (QED) is 0.204. The van der Waals surface area contributed by atoms with Crippen LogP contribution in [0.3, 0.4) is 0 Å². The maximum absolute atomic E-state index is 14.7. The van der Waals surface area contributed by atoms with E-state index in [4.69, 9.17) is 9.47 Å². The summed E-state index contributed by atoms with van der Waals surface area (Å²) in [7, 11) is 0. The lowest BCUT2D eigenvalue weighted by Gasteiger charge is -2.57. The second kappa shape index (κ2) is 10.5. The normalized spacial score (nSPS) is 23.6. The highest BCUT2D eigenvalue weighted by Crippen LogP contribution is 2.65. The van der Waals surface area contributed by atoms with E-state index in [1.54, 1.807) is 12.3 Å². The van der Waals surface area contributed by atoms with Crippen LogP contribution in [-0.4, -0.2) is 33.7 Å². The van der Waals surface area contributed by atoms with E-state index in [1.165, 1.54) is 40.9 Å². The number of hydrogen-bond acceptors (Lipinski definition) is 4. The first-order valence-corrected chi connectivity index (χ1v) is 15.7. The average Bonchev–Trinajstić information content (AvgIpc) is 3.57. The minimum atomic E-state index is -0.870. The SMILES string of the molecule is CC1CC2(C1)CC(c1c(C3CCOCC3)n(-c3ccc(F)c(F)c3)c3cc4cnn(C(=O)OCc5ccccc5)c4cc13)C2. The van der Waals surface area contributed by atoms with Crippen molar-refractivity contribution in [1.82, 2.24) is 14.3 Å². The van der Waals surface area contributed by atoms with Gasteiger partial charge in [-0.25, -0.2) is 13.6 Å². The summed E-state index contributed by atoms with van der Waals surface area (Å²) in [5, 5.41) is 6.23. The van der Waals surface area contributed by atoms with Crippen LogP contribution in [0.2, 0.25) is 0 Å². The molecule has 6 nitrogen and oxygen atoms in total. The van der Waals surface area contributed by atoms with E-state index in [0.29, 0.717) is 35.8 Å². The van der Waals surface area contributed by atoms with Crippen molar-refractivity contribution < 1.29 is 23.0 Å². The van der Waals surface area contributed by atoms with Gasteiger partial charge in [0, 0.05) is 47.4 Å². The summed E-state index contributed by atoms with van der Waals surface area (Å²) in [4.78, 5) is 13.3. The van der Waals surface area contributed by atoms with Crippen LogP contribution in [0.15, 0.2) is 66.9 Å². The molecule has 0 radical (unpaired) electrons. The summed E-state index contributed by atoms with van der Waals surface area (Å²) in [6, 6.07) is 17.8. The van der Waals surface area contributed by atoms with Gasteiger partial charge in [-0.3, -0.25) is 0 Å². The van der Waals surface area contributed by atoms with Crippen molar-refractivity contribution in [3.05, 3.63) is 95.3 Å². The molecule has 8 rings (SSSR count). The molecule has 8 heteroatoms. The minimum Gasteiger partial charge on any atom is -0.443 e. The van der Waals surface area contributed by atoms with Gasteiger partial charge < -0.3 is 14.0 Å². The number of rotatable bonds is 5. The maximum Gasteiger partial charge on any atom is 0.435 e. The third-order valence-electron chi connectivity index (χ3n) is 10.2. The molecule has 1 saturated heterocycles. The molecule has 1 spiro atoms. The molecule has 2 aromatic heterocycles. The van der Waals surface area contributed by atoms with E-state index in [1.807, 2.05) is 36.4 Å². The van der Waals surface area contributed by atoms with E-state index in [0.717, 1.165) is 53.5 Å². The van der Waals surface area contributed by atoms with Gasteiger partial charge in [0.25, 0.3) is 0 Å². The molecule has 3 fully saturated rings. The molecule has 0 unspecified atom stereocenters. The fourth-order valence-corrected chi connectivity index (χ4v) is 8.42. The van der Waals surface area contributed by atoms with Gasteiger partial charge in [-0.1, -0.05) is 37.3 Å². The van der Waals surface area contributed by atoms with Crippen LogP contribution in [-0.2, 0) is 16.1 Å². The molecular formula is C36H35F2N3O3. The van der Waals surface area contributed by atoms with Gasteiger partial charge in [-0.05, 0) is 91.2 Å². The summed E-state index contributed by atoms with van der Waals surface area (Å²) in [6.07, 6.45) is 7.64. The molecule has 226 valence electrons. The van der Waals surface area contributed by atoms with Crippen molar-refractivity contribution in [1.29, 1.82) is 0 Å². The molecule has 0 amide bonds. The van der Waals surface area contributed by atoms with Crippen LogP contribution < -0.4 is 0 Å². The molecule has 5 aromatic rings. The van der Waals surface area contributed by atoms with Crippen molar-refractivity contribution in [3.8, 4) is 5.69 Å². The highest BCUT2D eigenvalue weighted by atomic mass is 19.2. The predicted molar refractivity (Wildman–Crippen MR) is 164 cm³/mol. The van der Waals surface area contributed by atoms with Gasteiger partial charge >= 0.3 is 6.09 Å². The highest BCUT2D eigenvalue weighted by Gasteiger charge is 2.53. The number of ether oxygens (including phenoxy) is 2. The third-order valence-corrected chi connectivity index (χ3v) is 10.2. The summed E-state index contributed by atoms with van der Waals surface area (Å²) in [5.41, 5.74) is 5.94. The molecule has 3 heterocycles. The molecule has 2 aliphatic carbocycles. The van der Waals surface area contributed by atoms with Gasteiger partial charge in [0.05, 0.1) is 17.2 Å². The standard InChI is InChI=1S/C36H35F2N3O3/c1-22-16-36(17-22)18-26(19-36)33-28-15-31-25(20-39-41(31)35(42)44-21-23-5-3-2-4-6-23)13-32(28)40(27-7-8-29(37)30(38)14-27)34(33)24-9-11-43-12-10-24/h2-8,13-15,20,22,24,26H,9-12,16-19,21H2,1H3. The first kappa shape index (κ1) is 27.5. The number of aromatic nitrogens is 3. The van der Waals surface area contributed by atoms with E-state index in [2.05, 4.69) is 22.7 Å². The van der Waals surface area contributed by atoms with Crippen LogP contribution in [0.25, 0.3) is 27.5 Å². The number of nitrogens with zero attached hydrogens (tertiary/aromatic N) is 3. The lowest BCUT2D eigenvalue weighted by Crippen LogP contribution is -2.45. The van der Waals surface area contributed by atoms with Crippen LogP contribution in [0.5, 0.6) is 0 Å².